The summed E-state index contributed by atoms with van der Waals surface area (Å²) >= 11 is 12.7. The van der Waals surface area contributed by atoms with Crippen LogP contribution in [-0.4, -0.2) is 34.8 Å². The van der Waals surface area contributed by atoms with Crippen LogP contribution < -0.4 is 9.47 Å². The van der Waals surface area contributed by atoms with E-state index in [0.717, 1.165) is 12.1 Å². The van der Waals surface area contributed by atoms with Gasteiger partial charge in [-0.05, 0) is 55.0 Å². The lowest BCUT2D eigenvalue weighted by Crippen LogP contribution is -2.27. The van der Waals surface area contributed by atoms with Crippen LogP contribution in [0.15, 0.2) is 41.3 Å². The van der Waals surface area contributed by atoms with E-state index in [-0.39, 0.29) is 28.0 Å². The highest BCUT2D eigenvalue weighted by Gasteiger charge is 2.30. The zero-order valence-electron chi connectivity index (χ0n) is 15.4. The second-order valence-electron chi connectivity index (χ2n) is 5.86. The van der Waals surface area contributed by atoms with Crippen molar-refractivity contribution < 1.29 is 23.5 Å². The van der Waals surface area contributed by atoms with Crippen molar-refractivity contribution in [2.75, 3.05) is 13.7 Å². The van der Waals surface area contributed by atoms with E-state index in [1.165, 1.54) is 35.9 Å². The van der Waals surface area contributed by atoms with Crippen LogP contribution in [0.5, 0.6) is 11.5 Å². The average Bonchev–Trinajstić information content (AvgIpc) is 2.96. The van der Waals surface area contributed by atoms with Gasteiger partial charge in [0, 0.05) is 6.54 Å². The molecule has 0 N–H and O–H groups in total. The Bertz CT molecular complexity index is 1020. The average molecular weight is 452 g/mol. The lowest BCUT2D eigenvalue weighted by molar-refractivity contribution is -0.121. The number of hydrogen-bond acceptors (Lipinski definition) is 6. The molecule has 3 rings (SSSR count). The summed E-state index contributed by atoms with van der Waals surface area (Å²) in [6.45, 7) is 2.34. The largest absolute Gasteiger partial charge is 0.493 e. The summed E-state index contributed by atoms with van der Waals surface area (Å²) in [6, 6.07) is 8.08. The molecule has 1 aliphatic rings. The molecule has 2 aromatic carbocycles. The first-order valence-electron chi connectivity index (χ1n) is 8.44. The summed E-state index contributed by atoms with van der Waals surface area (Å²) in [5.41, 5.74) is 0.752. The Morgan fingerprint density at radius 2 is 2.00 bits per heavy atom. The van der Waals surface area contributed by atoms with Gasteiger partial charge >= 0.3 is 5.97 Å². The fraction of sp³-hybridized carbons (Fsp3) is 0.150. The third-order valence-corrected chi connectivity index (χ3v) is 5.67. The van der Waals surface area contributed by atoms with Crippen molar-refractivity contribution in [1.29, 1.82) is 0 Å². The normalized spacial score (nSPS) is 15.2. The van der Waals surface area contributed by atoms with E-state index in [4.69, 9.17) is 33.3 Å². The van der Waals surface area contributed by atoms with Crippen LogP contribution in [0.4, 0.5) is 4.39 Å². The fourth-order valence-electron chi connectivity index (χ4n) is 2.58. The van der Waals surface area contributed by atoms with Crippen LogP contribution in [0.3, 0.4) is 0 Å². The molecule has 2 aromatic rings. The first-order chi connectivity index (χ1) is 13.8. The highest BCUT2D eigenvalue weighted by Crippen LogP contribution is 2.39. The van der Waals surface area contributed by atoms with Crippen LogP contribution in [0.2, 0.25) is 5.02 Å². The zero-order valence-corrected chi connectivity index (χ0v) is 17.8. The van der Waals surface area contributed by atoms with Crippen LogP contribution in [0, 0.1) is 5.82 Å². The van der Waals surface area contributed by atoms with Crippen LogP contribution in [-0.2, 0) is 4.79 Å². The quantitative estimate of drug-likeness (QED) is 0.278. The molecule has 1 amide bonds. The minimum Gasteiger partial charge on any atom is -0.493 e. The number of amides is 1. The first-order valence-corrected chi connectivity index (χ1v) is 10.0. The number of ether oxygens (including phenoxy) is 2. The summed E-state index contributed by atoms with van der Waals surface area (Å²) in [6.07, 6.45) is 1.65. The Morgan fingerprint density at radius 3 is 2.59 bits per heavy atom. The van der Waals surface area contributed by atoms with E-state index in [0.29, 0.717) is 21.3 Å². The Balaban J connectivity index is 1.89. The molecule has 1 saturated heterocycles. The maximum atomic E-state index is 13.0. The number of hydrogen-bond donors (Lipinski definition) is 0. The van der Waals surface area contributed by atoms with Gasteiger partial charge in [-0.1, -0.05) is 35.6 Å². The van der Waals surface area contributed by atoms with Crippen molar-refractivity contribution in [2.45, 2.75) is 6.92 Å². The van der Waals surface area contributed by atoms with Gasteiger partial charge in [-0.3, -0.25) is 9.69 Å². The zero-order chi connectivity index (χ0) is 21.1. The molecule has 150 valence electrons. The van der Waals surface area contributed by atoms with E-state index < -0.39 is 11.8 Å². The SMILES string of the molecule is CCN1C(=O)/C(=C/c2cc(Cl)c(OC(=O)c3ccc(F)cc3)c(OC)c2)SC1=S. The van der Waals surface area contributed by atoms with Crippen LogP contribution in [0.25, 0.3) is 6.08 Å². The number of esters is 1. The van der Waals surface area contributed by atoms with E-state index in [1.807, 2.05) is 6.92 Å². The molecule has 0 radical (unpaired) electrons. The van der Waals surface area contributed by atoms with Crippen molar-refractivity contribution in [3.8, 4) is 11.5 Å². The van der Waals surface area contributed by atoms with E-state index in [9.17, 15) is 14.0 Å². The number of thioether (sulfide) groups is 1. The molecule has 1 fully saturated rings. The summed E-state index contributed by atoms with van der Waals surface area (Å²) in [4.78, 5) is 26.7. The van der Waals surface area contributed by atoms with Gasteiger partial charge in [-0.25, -0.2) is 9.18 Å². The number of rotatable bonds is 5. The molecule has 0 bridgehead atoms. The van der Waals surface area contributed by atoms with Gasteiger partial charge in [0.2, 0.25) is 0 Å². The monoisotopic (exact) mass is 451 g/mol. The van der Waals surface area contributed by atoms with Gasteiger partial charge in [0.15, 0.2) is 11.5 Å². The van der Waals surface area contributed by atoms with Crippen molar-refractivity contribution in [2.24, 2.45) is 0 Å². The number of nitrogens with zero attached hydrogens (tertiary/aromatic N) is 1. The van der Waals surface area contributed by atoms with E-state index in [2.05, 4.69) is 0 Å². The van der Waals surface area contributed by atoms with Crippen molar-refractivity contribution >= 4 is 57.9 Å². The molecule has 0 aromatic heterocycles. The highest BCUT2D eigenvalue weighted by atomic mass is 35.5. The molecule has 0 atom stereocenters. The Hall–Kier alpha value is -2.42. The molecule has 1 heterocycles. The standard InChI is InChI=1S/C20H15ClFNO4S2/c1-3-23-18(24)16(29-20(23)28)10-11-8-14(21)17(15(9-11)26-2)27-19(25)12-4-6-13(22)7-5-12/h4-10H,3H2,1-2H3/b16-10-. The molecule has 29 heavy (non-hydrogen) atoms. The molecule has 0 spiro atoms. The topological polar surface area (TPSA) is 55.8 Å². The van der Waals surface area contributed by atoms with Gasteiger partial charge in [-0.15, -0.1) is 0 Å². The van der Waals surface area contributed by atoms with Gasteiger partial charge < -0.3 is 9.47 Å². The van der Waals surface area contributed by atoms with Crippen LogP contribution in [0.1, 0.15) is 22.8 Å². The predicted molar refractivity (Wildman–Crippen MR) is 115 cm³/mol. The molecule has 0 unspecified atom stereocenters. The van der Waals surface area contributed by atoms with E-state index >= 15 is 0 Å². The van der Waals surface area contributed by atoms with Gasteiger partial charge in [-0.2, -0.15) is 0 Å². The van der Waals surface area contributed by atoms with E-state index in [1.54, 1.807) is 18.2 Å². The van der Waals surface area contributed by atoms with Gasteiger partial charge in [0.25, 0.3) is 5.91 Å². The lowest BCUT2D eigenvalue weighted by Gasteiger charge is -2.12. The van der Waals surface area contributed by atoms with Crippen molar-refractivity contribution in [3.63, 3.8) is 0 Å². The second kappa shape index (κ2) is 8.94. The number of thiocarbonyl (C=S) groups is 1. The van der Waals surface area contributed by atoms with Gasteiger partial charge in [0.05, 0.1) is 22.6 Å². The Kier molecular flexibility index (Phi) is 6.56. The number of carbonyl (C=O) groups excluding carboxylic acids is 2. The Labute approximate surface area is 181 Å². The molecule has 5 nitrogen and oxygen atoms in total. The minimum atomic E-state index is -0.707. The van der Waals surface area contributed by atoms with Crippen LogP contribution >= 0.6 is 35.6 Å². The molecule has 1 aliphatic heterocycles. The summed E-state index contributed by atoms with van der Waals surface area (Å²) < 4.78 is 24.2. The Morgan fingerprint density at radius 1 is 1.31 bits per heavy atom. The smallest absolute Gasteiger partial charge is 0.343 e. The predicted octanol–water partition coefficient (Wildman–Crippen LogP) is 4.93. The molecule has 9 heteroatoms. The maximum absolute atomic E-state index is 13.0. The first kappa shape index (κ1) is 21.3. The lowest BCUT2D eigenvalue weighted by atomic mass is 10.1. The minimum absolute atomic E-state index is 0.0294. The maximum Gasteiger partial charge on any atom is 0.343 e. The number of benzene rings is 2. The highest BCUT2D eigenvalue weighted by molar-refractivity contribution is 8.26. The van der Waals surface area contributed by atoms with Crippen molar-refractivity contribution in [3.05, 3.63) is 63.3 Å². The number of methoxy groups -OCH3 is 1. The number of carbonyl (C=O) groups is 2. The number of halogens is 2. The third kappa shape index (κ3) is 4.60. The third-order valence-electron chi connectivity index (χ3n) is 4.01. The second-order valence-corrected chi connectivity index (χ2v) is 7.94. The molecular weight excluding hydrogens is 437 g/mol. The summed E-state index contributed by atoms with van der Waals surface area (Å²) in [5.74, 6) is -1.10. The van der Waals surface area contributed by atoms with Gasteiger partial charge in [0.1, 0.15) is 10.1 Å². The number of likely N-dealkylation sites (N-methyl/N-ethyl adjacent to an activating group) is 1. The molecule has 0 aliphatic carbocycles. The van der Waals surface area contributed by atoms with Crippen molar-refractivity contribution in [1.82, 2.24) is 4.90 Å². The molecular formula is C20H15ClFNO4S2. The summed E-state index contributed by atoms with van der Waals surface area (Å²) in [5, 5.41) is 0.122. The molecule has 0 saturated carbocycles. The summed E-state index contributed by atoms with van der Waals surface area (Å²) in [7, 11) is 1.40. The fourth-order valence-corrected chi connectivity index (χ4v) is 4.23.